The van der Waals surface area contributed by atoms with Gasteiger partial charge in [-0.15, -0.1) is 5.10 Å². The Balaban J connectivity index is 1.42. The first-order valence-electron chi connectivity index (χ1n) is 13.8. The molecule has 44 heavy (non-hydrogen) atoms. The minimum absolute atomic E-state index is 0.0842. The van der Waals surface area contributed by atoms with Gasteiger partial charge in [0, 0.05) is 40.0 Å². The second kappa shape index (κ2) is 11.7. The smallest absolute Gasteiger partial charge is 0.325 e. The van der Waals surface area contributed by atoms with Crippen LogP contribution in [0.1, 0.15) is 43.6 Å². The van der Waals surface area contributed by atoms with E-state index < -0.39 is 23.5 Å². The van der Waals surface area contributed by atoms with E-state index in [2.05, 4.69) is 25.6 Å². The van der Waals surface area contributed by atoms with Crippen LogP contribution in [0.2, 0.25) is 5.02 Å². The van der Waals surface area contributed by atoms with Crippen LogP contribution >= 0.6 is 11.6 Å². The van der Waals surface area contributed by atoms with Crippen LogP contribution in [-0.2, 0) is 11.0 Å². The standard InChI is InChI=1S/C31H25ClF3N7O2/c1-18-5-4-8-27(25-13-19(11-12-36-25)21-6-2-3-7-23(21)38-30(18)44)41-17-37-24(15-29(41)43)22-14-20(32)9-10-26(22)42-16-28(39-40-42)31(33,34)35/h2-3,6-7,9-18,27H,4-5,8H2,1H3,(H,38,44). The molecular formula is C31H25ClF3N7O2. The number of carbonyl (C=O) groups excluding carboxylic acids is 1. The van der Waals surface area contributed by atoms with Crippen LogP contribution in [0, 0.1) is 5.92 Å². The number of amides is 1. The van der Waals surface area contributed by atoms with E-state index in [1.807, 2.05) is 43.3 Å². The fraction of sp³-hybridized carbons (Fsp3) is 0.226. The van der Waals surface area contributed by atoms with E-state index in [9.17, 15) is 22.8 Å². The number of nitrogens with zero attached hydrogens (tertiary/aromatic N) is 6. The Labute approximate surface area is 254 Å². The number of hydrogen-bond acceptors (Lipinski definition) is 6. The largest absolute Gasteiger partial charge is 0.436 e. The molecule has 3 aromatic heterocycles. The Kier molecular flexibility index (Phi) is 7.76. The van der Waals surface area contributed by atoms with Crippen molar-refractivity contribution in [3.05, 3.63) is 106 Å². The van der Waals surface area contributed by atoms with E-state index in [0.29, 0.717) is 41.2 Å². The third-order valence-corrected chi connectivity index (χ3v) is 7.85. The maximum Gasteiger partial charge on any atom is 0.436 e. The topological polar surface area (TPSA) is 108 Å². The zero-order valence-electron chi connectivity index (χ0n) is 23.3. The Morgan fingerprint density at radius 3 is 2.57 bits per heavy atom. The second-order valence-corrected chi connectivity index (χ2v) is 11.0. The van der Waals surface area contributed by atoms with Gasteiger partial charge in [0.2, 0.25) is 5.91 Å². The zero-order valence-corrected chi connectivity index (χ0v) is 24.0. The molecule has 224 valence electrons. The number of nitrogens with one attached hydrogen (secondary N) is 1. The lowest BCUT2D eigenvalue weighted by atomic mass is 9.95. The first-order valence-corrected chi connectivity index (χ1v) is 14.2. The molecule has 0 spiro atoms. The van der Waals surface area contributed by atoms with Crippen LogP contribution in [0.4, 0.5) is 18.9 Å². The Hall–Kier alpha value is -4.84. The molecule has 4 heterocycles. The molecule has 2 unspecified atom stereocenters. The Bertz CT molecular complexity index is 1920. The highest BCUT2D eigenvalue weighted by Crippen LogP contribution is 2.34. The molecule has 13 heteroatoms. The third kappa shape index (κ3) is 5.85. The molecule has 1 amide bonds. The normalized spacial score (nSPS) is 17.2. The molecule has 5 aromatic rings. The molecule has 0 radical (unpaired) electrons. The highest BCUT2D eigenvalue weighted by molar-refractivity contribution is 6.31. The molecule has 0 fully saturated rings. The summed E-state index contributed by atoms with van der Waals surface area (Å²) in [5.74, 6) is -0.346. The Morgan fingerprint density at radius 1 is 0.977 bits per heavy atom. The summed E-state index contributed by atoms with van der Waals surface area (Å²) in [5, 5.41) is 10.2. The van der Waals surface area contributed by atoms with E-state index in [-0.39, 0.29) is 23.2 Å². The zero-order chi connectivity index (χ0) is 31.0. The van der Waals surface area contributed by atoms with E-state index in [0.717, 1.165) is 22.0 Å². The summed E-state index contributed by atoms with van der Waals surface area (Å²) in [5.41, 5.74) is 2.15. The van der Waals surface area contributed by atoms with Gasteiger partial charge < -0.3 is 5.32 Å². The highest BCUT2D eigenvalue weighted by atomic mass is 35.5. The quantitative estimate of drug-likeness (QED) is 0.245. The molecule has 0 saturated heterocycles. The second-order valence-electron chi connectivity index (χ2n) is 10.6. The van der Waals surface area contributed by atoms with Crippen LogP contribution in [0.15, 0.2) is 84.2 Å². The Morgan fingerprint density at radius 2 is 1.80 bits per heavy atom. The SMILES string of the molecule is CC1CCCC(n2cnc(-c3cc(Cl)ccc3-n3cc(C(F)(F)F)nn3)cc2=O)c2cc(ccn2)-c2ccccc2NC1=O. The molecule has 0 aliphatic carbocycles. The number of carbonyl (C=O) groups is 1. The maximum atomic E-state index is 13.7. The number of fused-ring (bicyclic) bond motifs is 4. The lowest BCUT2D eigenvalue weighted by Crippen LogP contribution is -2.27. The number of anilines is 1. The average Bonchev–Trinajstić information content (AvgIpc) is 3.51. The average molecular weight is 620 g/mol. The molecule has 2 aromatic carbocycles. The minimum Gasteiger partial charge on any atom is -0.325 e. The number of halogens is 4. The fourth-order valence-electron chi connectivity index (χ4n) is 5.29. The van der Waals surface area contributed by atoms with Crippen molar-refractivity contribution < 1.29 is 18.0 Å². The minimum atomic E-state index is -4.67. The molecule has 6 rings (SSSR count). The van der Waals surface area contributed by atoms with Gasteiger partial charge in [-0.25, -0.2) is 9.67 Å². The molecule has 9 nitrogen and oxygen atoms in total. The lowest BCUT2D eigenvalue weighted by Gasteiger charge is -2.23. The number of hydrogen-bond donors (Lipinski definition) is 1. The first kappa shape index (κ1) is 29.2. The first-order chi connectivity index (χ1) is 21.1. The van der Waals surface area contributed by atoms with E-state index >= 15 is 0 Å². The number of benzene rings is 2. The fourth-order valence-corrected chi connectivity index (χ4v) is 5.46. The van der Waals surface area contributed by atoms with Gasteiger partial charge in [-0.1, -0.05) is 48.4 Å². The highest BCUT2D eigenvalue weighted by Gasteiger charge is 2.35. The summed E-state index contributed by atoms with van der Waals surface area (Å²) < 4.78 is 42.0. The summed E-state index contributed by atoms with van der Waals surface area (Å²) in [6.07, 6.45) is 0.894. The van der Waals surface area contributed by atoms with Crippen molar-refractivity contribution in [2.45, 2.75) is 38.4 Å². The predicted octanol–water partition coefficient (Wildman–Crippen LogP) is 6.57. The van der Waals surface area contributed by atoms with Crippen molar-refractivity contribution in [3.8, 4) is 28.1 Å². The van der Waals surface area contributed by atoms with Crippen molar-refractivity contribution in [1.29, 1.82) is 0 Å². The van der Waals surface area contributed by atoms with Crippen molar-refractivity contribution >= 4 is 23.2 Å². The van der Waals surface area contributed by atoms with E-state index in [4.69, 9.17) is 11.6 Å². The van der Waals surface area contributed by atoms with Crippen molar-refractivity contribution in [1.82, 2.24) is 29.5 Å². The molecule has 2 atom stereocenters. The number of rotatable bonds is 3. The van der Waals surface area contributed by atoms with Crippen molar-refractivity contribution in [3.63, 3.8) is 0 Å². The monoisotopic (exact) mass is 619 g/mol. The summed E-state index contributed by atoms with van der Waals surface area (Å²) in [6, 6.07) is 16.6. The van der Waals surface area contributed by atoms with Crippen LogP contribution in [0.3, 0.4) is 0 Å². The number of alkyl halides is 3. The molecule has 0 saturated carbocycles. The van der Waals surface area contributed by atoms with Gasteiger partial charge >= 0.3 is 6.18 Å². The molecular weight excluding hydrogens is 595 g/mol. The van der Waals surface area contributed by atoms with Gasteiger partial charge in [-0.05, 0) is 54.8 Å². The molecule has 1 aliphatic heterocycles. The number of pyridine rings is 1. The summed E-state index contributed by atoms with van der Waals surface area (Å²) >= 11 is 6.23. The van der Waals surface area contributed by atoms with Gasteiger partial charge in [-0.3, -0.25) is 19.1 Å². The van der Waals surface area contributed by atoms with Crippen molar-refractivity contribution in [2.24, 2.45) is 5.92 Å². The molecule has 2 bridgehead atoms. The summed E-state index contributed by atoms with van der Waals surface area (Å²) in [7, 11) is 0. The number of aromatic nitrogens is 6. The van der Waals surface area contributed by atoms with Crippen LogP contribution in [-0.4, -0.2) is 35.4 Å². The van der Waals surface area contributed by atoms with Gasteiger partial charge in [0.05, 0.1) is 35.6 Å². The number of para-hydroxylation sites is 1. The van der Waals surface area contributed by atoms with Gasteiger partial charge in [0.1, 0.15) is 0 Å². The summed E-state index contributed by atoms with van der Waals surface area (Å²) in [4.78, 5) is 35.8. The molecule has 1 N–H and O–H groups in total. The third-order valence-electron chi connectivity index (χ3n) is 7.62. The lowest BCUT2D eigenvalue weighted by molar-refractivity contribution is -0.141. The maximum absolute atomic E-state index is 13.7. The van der Waals surface area contributed by atoms with Gasteiger partial charge in [-0.2, -0.15) is 13.2 Å². The van der Waals surface area contributed by atoms with Crippen LogP contribution in [0.25, 0.3) is 28.1 Å². The van der Waals surface area contributed by atoms with E-state index in [1.54, 1.807) is 6.20 Å². The van der Waals surface area contributed by atoms with Crippen molar-refractivity contribution in [2.75, 3.05) is 5.32 Å². The van der Waals surface area contributed by atoms with Gasteiger partial charge in [0.25, 0.3) is 5.56 Å². The predicted molar refractivity (Wildman–Crippen MR) is 158 cm³/mol. The molecule has 1 aliphatic rings. The summed E-state index contributed by atoms with van der Waals surface area (Å²) in [6.45, 7) is 1.87. The van der Waals surface area contributed by atoms with Gasteiger partial charge in [0.15, 0.2) is 5.69 Å². The van der Waals surface area contributed by atoms with Crippen LogP contribution < -0.4 is 10.9 Å². The van der Waals surface area contributed by atoms with Crippen LogP contribution in [0.5, 0.6) is 0 Å². The van der Waals surface area contributed by atoms with E-state index in [1.165, 1.54) is 35.2 Å².